The van der Waals surface area contributed by atoms with Crippen LogP contribution < -0.4 is 0 Å². The molecule has 26 heavy (non-hydrogen) atoms. The van der Waals surface area contributed by atoms with Crippen LogP contribution in [0.2, 0.25) is 0 Å². The molecule has 0 aliphatic carbocycles. The molecule has 0 radical (unpaired) electrons. The number of carbonyl (C=O) groups is 2. The summed E-state index contributed by atoms with van der Waals surface area (Å²) in [6.07, 6.45) is -0.541. The average molecular weight is 368 g/mol. The average Bonchev–Trinajstić information content (AvgIpc) is 3.49. The van der Waals surface area contributed by atoms with Crippen LogP contribution in [0.25, 0.3) is 0 Å². The van der Waals surface area contributed by atoms with Crippen molar-refractivity contribution in [2.45, 2.75) is 37.6 Å². The summed E-state index contributed by atoms with van der Waals surface area (Å²) in [5.41, 5.74) is 0. The van der Waals surface area contributed by atoms with Crippen LogP contribution in [0.15, 0.2) is 0 Å². The lowest BCUT2D eigenvalue weighted by Crippen LogP contribution is -2.49. The zero-order valence-electron chi connectivity index (χ0n) is 14.8. The third kappa shape index (κ3) is 2.90. The first-order chi connectivity index (χ1) is 12.7. The summed E-state index contributed by atoms with van der Waals surface area (Å²) in [4.78, 5) is 33.2. The number of hydrogen-bond acceptors (Lipinski definition) is 6. The van der Waals surface area contributed by atoms with E-state index in [4.69, 9.17) is 18.9 Å². The summed E-state index contributed by atoms with van der Waals surface area (Å²) < 4.78 is 21.5. The van der Waals surface area contributed by atoms with E-state index in [1.165, 1.54) is 0 Å². The molecule has 0 aromatic heterocycles. The Bertz CT molecular complexity index is 581. The molecule has 5 aliphatic rings. The Balaban J connectivity index is 1.44. The van der Waals surface area contributed by atoms with E-state index in [-0.39, 0.29) is 49.4 Å². The Morgan fingerprint density at radius 1 is 0.808 bits per heavy atom. The van der Waals surface area contributed by atoms with Gasteiger partial charge in [-0.1, -0.05) is 0 Å². The molecule has 5 saturated heterocycles. The zero-order valence-corrected chi connectivity index (χ0v) is 14.8. The monoisotopic (exact) mass is 368 g/mol. The minimum Gasteiger partial charge on any atom is -0.371 e. The number of fused-ring (bicyclic) bond motifs is 1. The van der Waals surface area contributed by atoms with Gasteiger partial charge in [0.05, 0.1) is 57.8 Å². The van der Waals surface area contributed by atoms with Crippen LogP contribution in [-0.2, 0) is 18.9 Å². The lowest BCUT2D eigenvalue weighted by molar-refractivity contribution is 0.0145. The Morgan fingerprint density at radius 2 is 1.19 bits per heavy atom. The van der Waals surface area contributed by atoms with Crippen LogP contribution in [0.5, 0.6) is 0 Å². The molecule has 10 heteroatoms. The first-order valence-corrected chi connectivity index (χ1v) is 9.24. The summed E-state index contributed by atoms with van der Waals surface area (Å²) in [6.45, 7) is 6.03. The Kier molecular flexibility index (Phi) is 3.96. The summed E-state index contributed by atoms with van der Waals surface area (Å²) in [5, 5.41) is 0. The Labute approximate surface area is 151 Å². The zero-order chi connectivity index (χ0) is 17.8. The van der Waals surface area contributed by atoms with Crippen LogP contribution in [0.1, 0.15) is 6.92 Å². The van der Waals surface area contributed by atoms with Gasteiger partial charge in [-0.05, 0) is 6.92 Å². The van der Waals surface area contributed by atoms with Crippen LogP contribution in [0.3, 0.4) is 0 Å². The molecule has 5 unspecified atom stereocenters. The van der Waals surface area contributed by atoms with Crippen molar-refractivity contribution in [3.05, 3.63) is 0 Å². The molecule has 5 rings (SSSR count). The molecule has 5 heterocycles. The van der Waals surface area contributed by atoms with Crippen LogP contribution in [-0.4, -0.2) is 115 Å². The summed E-state index contributed by atoms with van der Waals surface area (Å²) in [5.74, 6) is 0. The molecule has 0 saturated carbocycles. The highest BCUT2D eigenvalue weighted by atomic mass is 16.6. The molecular formula is C16H24N4O6. The van der Waals surface area contributed by atoms with Crippen molar-refractivity contribution in [1.29, 1.82) is 0 Å². The van der Waals surface area contributed by atoms with Gasteiger partial charge in [0, 0.05) is 6.61 Å². The van der Waals surface area contributed by atoms with Crippen molar-refractivity contribution in [2.24, 2.45) is 0 Å². The van der Waals surface area contributed by atoms with Crippen LogP contribution in [0, 0.1) is 0 Å². The lowest BCUT2D eigenvalue weighted by Gasteiger charge is -2.29. The number of ether oxygens (including phenoxy) is 4. The maximum absolute atomic E-state index is 13.1. The molecular weight excluding hydrogens is 344 g/mol. The fraction of sp³-hybridized carbons (Fsp3) is 0.875. The van der Waals surface area contributed by atoms with Crippen molar-refractivity contribution in [3.63, 3.8) is 0 Å². The first-order valence-electron chi connectivity index (χ1n) is 9.24. The third-order valence-electron chi connectivity index (χ3n) is 5.37. The van der Waals surface area contributed by atoms with Crippen LogP contribution >= 0.6 is 0 Å². The van der Waals surface area contributed by atoms with Crippen molar-refractivity contribution < 1.29 is 28.5 Å². The largest absolute Gasteiger partial charge is 0.371 e. The molecule has 0 aromatic rings. The van der Waals surface area contributed by atoms with Gasteiger partial charge in [-0.2, -0.15) is 0 Å². The third-order valence-corrected chi connectivity index (χ3v) is 5.37. The highest BCUT2D eigenvalue weighted by Crippen LogP contribution is 2.37. The van der Waals surface area contributed by atoms with Gasteiger partial charge in [0.15, 0.2) is 6.17 Å². The van der Waals surface area contributed by atoms with Crippen molar-refractivity contribution in [3.8, 4) is 0 Å². The number of epoxide rings is 3. The van der Waals surface area contributed by atoms with Gasteiger partial charge < -0.3 is 18.9 Å². The second-order valence-corrected chi connectivity index (χ2v) is 7.31. The van der Waals surface area contributed by atoms with Crippen molar-refractivity contribution >= 4 is 12.1 Å². The van der Waals surface area contributed by atoms with Gasteiger partial charge >= 0.3 is 12.1 Å². The molecule has 5 fully saturated rings. The van der Waals surface area contributed by atoms with Gasteiger partial charge in [0.2, 0.25) is 0 Å². The van der Waals surface area contributed by atoms with Gasteiger partial charge in [-0.3, -0.25) is 19.6 Å². The topological polar surface area (TPSA) is 93.9 Å². The number of hydrogen-bond donors (Lipinski definition) is 0. The normalized spacial score (nSPS) is 37.7. The highest BCUT2D eigenvalue weighted by Gasteiger charge is 2.61. The van der Waals surface area contributed by atoms with E-state index in [1.807, 2.05) is 6.92 Å². The van der Waals surface area contributed by atoms with Crippen molar-refractivity contribution in [1.82, 2.24) is 19.6 Å². The van der Waals surface area contributed by atoms with Gasteiger partial charge in [-0.15, -0.1) is 0 Å². The van der Waals surface area contributed by atoms with Gasteiger partial charge in [0.1, 0.15) is 12.9 Å². The summed E-state index contributed by atoms with van der Waals surface area (Å²) in [6, 6.07) is -0.179. The van der Waals surface area contributed by atoms with Gasteiger partial charge in [0.25, 0.3) is 0 Å². The summed E-state index contributed by atoms with van der Waals surface area (Å²) in [7, 11) is 0. The fourth-order valence-electron chi connectivity index (χ4n) is 3.82. The standard InChI is InChI=1S/C16H24N4O6/c1-2-23-9-20-14-13(18(16(20)22)4-11-7-25-11)17(3-10-6-24-10)15(21)19(14)5-12-8-26-12/h10-14H,2-9H2,1H3. The predicted molar refractivity (Wildman–Crippen MR) is 86.0 cm³/mol. The van der Waals surface area contributed by atoms with Gasteiger partial charge in [-0.25, -0.2) is 9.59 Å². The number of carbonyl (C=O) groups excluding carboxylic acids is 2. The maximum atomic E-state index is 13.1. The minimum atomic E-state index is -0.372. The molecule has 5 aliphatic heterocycles. The highest BCUT2D eigenvalue weighted by molar-refractivity contribution is 5.85. The van der Waals surface area contributed by atoms with Crippen LogP contribution in [0.4, 0.5) is 9.59 Å². The second kappa shape index (κ2) is 6.22. The molecule has 10 nitrogen and oxygen atoms in total. The van der Waals surface area contributed by atoms with E-state index in [2.05, 4.69) is 0 Å². The maximum Gasteiger partial charge on any atom is 0.325 e. The quantitative estimate of drug-likeness (QED) is 0.500. The smallest absolute Gasteiger partial charge is 0.325 e. The molecule has 144 valence electrons. The molecule has 5 atom stereocenters. The van der Waals surface area contributed by atoms with E-state index >= 15 is 0 Å². The SMILES string of the molecule is CCOCN1C(=O)N(CC2CO2)C2C1N(CC1CO1)C(=O)N2CC1CO1. The van der Waals surface area contributed by atoms with Crippen molar-refractivity contribution in [2.75, 3.05) is 52.8 Å². The van der Waals surface area contributed by atoms with E-state index in [0.29, 0.717) is 46.1 Å². The lowest BCUT2D eigenvalue weighted by atomic mass is 10.3. The van der Waals surface area contributed by atoms with E-state index in [9.17, 15) is 9.59 Å². The van der Waals surface area contributed by atoms with E-state index in [0.717, 1.165) is 0 Å². The Morgan fingerprint density at radius 3 is 1.58 bits per heavy atom. The second-order valence-electron chi connectivity index (χ2n) is 7.31. The van der Waals surface area contributed by atoms with E-state index in [1.54, 1.807) is 19.6 Å². The molecule has 0 bridgehead atoms. The number of nitrogens with zero attached hydrogens (tertiary/aromatic N) is 4. The molecule has 0 aromatic carbocycles. The number of rotatable bonds is 9. The fourth-order valence-corrected chi connectivity index (χ4v) is 3.82. The molecule has 0 spiro atoms. The number of amides is 4. The summed E-state index contributed by atoms with van der Waals surface area (Å²) >= 11 is 0. The first kappa shape index (κ1) is 16.5. The molecule has 0 N–H and O–H groups in total. The number of urea groups is 2. The van der Waals surface area contributed by atoms with E-state index < -0.39 is 0 Å². The predicted octanol–water partition coefficient (Wildman–Crippen LogP) is -0.696. The molecule has 4 amide bonds. The minimum absolute atomic E-state index is 0.0570. The Hall–Kier alpha value is -1.62.